The molecule has 2 aromatic heterocycles. The van der Waals surface area contributed by atoms with Gasteiger partial charge in [0.1, 0.15) is 5.76 Å². The van der Waals surface area contributed by atoms with Gasteiger partial charge in [0.2, 0.25) is 5.71 Å². The van der Waals surface area contributed by atoms with Crippen LogP contribution in [-0.2, 0) is 0 Å². The van der Waals surface area contributed by atoms with Gasteiger partial charge in [0.05, 0.1) is 8.96 Å². The monoisotopic (exact) mass is 273 g/mol. The zero-order valence-corrected chi connectivity index (χ0v) is 9.05. The summed E-state index contributed by atoms with van der Waals surface area (Å²) < 4.78 is 6.64. The molecule has 0 unspecified atom stereocenters. The number of furan rings is 1. The van der Waals surface area contributed by atoms with Crippen molar-refractivity contribution < 1.29 is 4.42 Å². The number of pyridine rings is 1. The molecule has 0 fully saturated rings. The van der Waals surface area contributed by atoms with Gasteiger partial charge in [0.25, 0.3) is 0 Å². The maximum Gasteiger partial charge on any atom is 0.227 e. The molecule has 12 heavy (non-hydrogen) atoms. The Bertz CT molecular complexity index is 433. The van der Waals surface area contributed by atoms with Crippen molar-refractivity contribution in [3.8, 4) is 0 Å². The summed E-state index contributed by atoms with van der Waals surface area (Å²) in [4.78, 5) is 4.15. The minimum Gasteiger partial charge on any atom is -0.442 e. The molecule has 0 bridgehead atoms. The summed E-state index contributed by atoms with van der Waals surface area (Å²) in [7, 11) is 0. The van der Waals surface area contributed by atoms with E-state index >= 15 is 0 Å². The topological polar surface area (TPSA) is 26.0 Å². The fraction of sp³-hybridized carbons (Fsp3) is 0.222. The highest BCUT2D eigenvalue weighted by Crippen LogP contribution is 2.27. The van der Waals surface area contributed by atoms with Crippen LogP contribution < -0.4 is 0 Å². The lowest BCUT2D eigenvalue weighted by Gasteiger charge is -1.92. The van der Waals surface area contributed by atoms with E-state index in [2.05, 4.69) is 34.5 Å². The van der Waals surface area contributed by atoms with Crippen LogP contribution in [0.15, 0.2) is 16.7 Å². The highest BCUT2D eigenvalue weighted by Gasteiger charge is 2.10. The van der Waals surface area contributed by atoms with Crippen LogP contribution in [0.5, 0.6) is 0 Å². The molecule has 0 aromatic carbocycles. The Balaban J connectivity index is 2.97. The van der Waals surface area contributed by atoms with Gasteiger partial charge in [-0.15, -0.1) is 0 Å². The molecule has 0 spiro atoms. The molecular weight excluding hydrogens is 265 g/mol. The van der Waals surface area contributed by atoms with Crippen molar-refractivity contribution in [2.24, 2.45) is 0 Å². The van der Waals surface area contributed by atoms with E-state index in [-0.39, 0.29) is 0 Å². The van der Waals surface area contributed by atoms with Crippen LogP contribution in [0.4, 0.5) is 0 Å². The number of nitrogens with zero attached hydrogens (tertiary/aromatic N) is 1. The van der Waals surface area contributed by atoms with Crippen LogP contribution >= 0.6 is 22.6 Å². The van der Waals surface area contributed by atoms with Gasteiger partial charge < -0.3 is 4.42 Å². The summed E-state index contributed by atoms with van der Waals surface area (Å²) in [5.41, 5.74) is 1.97. The number of aromatic nitrogens is 1. The fourth-order valence-electron chi connectivity index (χ4n) is 1.24. The summed E-state index contributed by atoms with van der Waals surface area (Å²) in [6, 6.07) is 2.00. The van der Waals surface area contributed by atoms with E-state index in [1.54, 1.807) is 6.20 Å². The van der Waals surface area contributed by atoms with Crippen LogP contribution in [0.1, 0.15) is 11.3 Å². The lowest BCUT2D eigenvalue weighted by atomic mass is 10.2. The Morgan fingerprint density at radius 1 is 1.42 bits per heavy atom. The van der Waals surface area contributed by atoms with Gasteiger partial charge in [0.15, 0.2) is 0 Å². The first-order chi connectivity index (χ1) is 5.70. The second-order valence-electron chi connectivity index (χ2n) is 2.78. The lowest BCUT2D eigenvalue weighted by Crippen LogP contribution is -1.78. The van der Waals surface area contributed by atoms with Crippen LogP contribution in [0.3, 0.4) is 0 Å². The smallest absolute Gasteiger partial charge is 0.227 e. The summed E-state index contributed by atoms with van der Waals surface area (Å²) in [5.74, 6) is 0.951. The third-order valence-corrected chi connectivity index (χ3v) is 3.20. The Hall–Kier alpha value is -0.580. The standard InChI is InChI=1S/C9H8INO/c1-5-3-4-11-9-7(5)8(10)6(2)12-9/h3-4H,1-2H3. The third-order valence-electron chi connectivity index (χ3n) is 1.90. The summed E-state index contributed by atoms with van der Waals surface area (Å²) in [5, 5.41) is 1.15. The molecule has 0 aliphatic carbocycles. The average Bonchev–Trinajstić information content (AvgIpc) is 2.29. The van der Waals surface area contributed by atoms with Crippen LogP contribution in [0.25, 0.3) is 11.1 Å². The van der Waals surface area contributed by atoms with E-state index in [9.17, 15) is 0 Å². The molecule has 2 rings (SSSR count). The second kappa shape index (κ2) is 2.73. The van der Waals surface area contributed by atoms with Gasteiger partial charge in [0, 0.05) is 6.20 Å². The predicted molar refractivity (Wildman–Crippen MR) is 56.2 cm³/mol. The highest BCUT2D eigenvalue weighted by molar-refractivity contribution is 14.1. The first-order valence-corrected chi connectivity index (χ1v) is 4.78. The van der Waals surface area contributed by atoms with E-state index in [1.807, 2.05) is 13.0 Å². The summed E-state index contributed by atoms with van der Waals surface area (Å²) in [6.45, 7) is 4.03. The highest BCUT2D eigenvalue weighted by atomic mass is 127. The van der Waals surface area contributed by atoms with Crippen molar-refractivity contribution in [2.45, 2.75) is 13.8 Å². The van der Waals surface area contributed by atoms with E-state index in [0.717, 1.165) is 16.9 Å². The van der Waals surface area contributed by atoms with Crippen molar-refractivity contribution in [2.75, 3.05) is 0 Å². The van der Waals surface area contributed by atoms with Crippen molar-refractivity contribution in [3.05, 3.63) is 27.2 Å². The van der Waals surface area contributed by atoms with E-state index < -0.39 is 0 Å². The molecule has 0 amide bonds. The molecule has 0 radical (unpaired) electrons. The first kappa shape index (κ1) is 8.04. The first-order valence-electron chi connectivity index (χ1n) is 3.70. The quantitative estimate of drug-likeness (QED) is 0.689. The lowest BCUT2D eigenvalue weighted by molar-refractivity contribution is 0.565. The normalized spacial score (nSPS) is 10.9. The fourth-order valence-corrected chi connectivity index (χ4v) is 2.01. The molecule has 0 N–H and O–H groups in total. The van der Waals surface area contributed by atoms with Gasteiger partial charge >= 0.3 is 0 Å². The Kier molecular flexibility index (Phi) is 1.83. The average molecular weight is 273 g/mol. The Morgan fingerprint density at radius 2 is 2.17 bits per heavy atom. The van der Waals surface area contributed by atoms with Gasteiger partial charge in [-0.2, -0.15) is 0 Å². The molecule has 2 heterocycles. The zero-order valence-electron chi connectivity index (χ0n) is 6.89. The molecule has 2 nitrogen and oxygen atoms in total. The van der Waals surface area contributed by atoms with Crippen LogP contribution in [0, 0.1) is 17.4 Å². The number of aryl methyl sites for hydroxylation is 2. The Morgan fingerprint density at radius 3 is 2.83 bits per heavy atom. The van der Waals surface area contributed by atoms with Crippen molar-refractivity contribution >= 4 is 33.7 Å². The van der Waals surface area contributed by atoms with E-state index in [4.69, 9.17) is 4.42 Å². The molecule has 0 saturated carbocycles. The molecule has 0 aliphatic heterocycles. The van der Waals surface area contributed by atoms with Crippen molar-refractivity contribution in [3.63, 3.8) is 0 Å². The second-order valence-corrected chi connectivity index (χ2v) is 3.86. The van der Waals surface area contributed by atoms with Gasteiger partial charge in [-0.25, -0.2) is 4.98 Å². The SMILES string of the molecule is Cc1oc2nccc(C)c2c1I. The zero-order chi connectivity index (χ0) is 8.72. The maximum atomic E-state index is 5.46. The van der Waals surface area contributed by atoms with Crippen LogP contribution in [-0.4, -0.2) is 4.98 Å². The van der Waals surface area contributed by atoms with Gasteiger partial charge in [-0.3, -0.25) is 0 Å². The van der Waals surface area contributed by atoms with E-state index in [0.29, 0.717) is 0 Å². The number of hydrogen-bond donors (Lipinski definition) is 0. The Labute approximate surface area is 84.1 Å². The largest absolute Gasteiger partial charge is 0.442 e. The molecule has 0 atom stereocenters. The molecule has 62 valence electrons. The van der Waals surface area contributed by atoms with Gasteiger partial charge in [-0.05, 0) is 48.1 Å². The molecule has 3 heteroatoms. The summed E-state index contributed by atoms with van der Waals surface area (Å²) >= 11 is 2.29. The maximum absolute atomic E-state index is 5.46. The van der Waals surface area contributed by atoms with E-state index in [1.165, 1.54) is 9.13 Å². The number of fused-ring (bicyclic) bond motifs is 1. The van der Waals surface area contributed by atoms with Crippen LogP contribution in [0.2, 0.25) is 0 Å². The molecular formula is C9H8INO. The van der Waals surface area contributed by atoms with Crippen molar-refractivity contribution in [1.82, 2.24) is 4.98 Å². The third kappa shape index (κ3) is 1.03. The minimum absolute atomic E-state index is 0.747. The molecule has 0 aliphatic rings. The summed E-state index contributed by atoms with van der Waals surface area (Å²) in [6.07, 6.45) is 1.77. The number of halogens is 1. The van der Waals surface area contributed by atoms with Gasteiger partial charge in [-0.1, -0.05) is 0 Å². The predicted octanol–water partition coefficient (Wildman–Crippen LogP) is 3.05. The minimum atomic E-state index is 0.747. The molecule has 2 aromatic rings. The van der Waals surface area contributed by atoms with Crippen molar-refractivity contribution in [1.29, 1.82) is 0 Å². The number of hydrogen-bond acceptors (Lipinski definition) is 2. The number of rotatable bonds is 0. The molecule has 0 saturated heterocycles.